The van der Waals surface area contributed by atoms with E-state index in [1.807, 2.05) is 84.4 Å². The molecule has 0 spiro atoms. The van der Waals surface area contributed by atoms with E-state index in [2.05, 4.69) is 14.7 Å². The van der Waals surface area contributed by atoms with Crippen LogP contribution in [0.25, 0.3) is 28.2 Å². The SMILES string of the molecule is Cc1ccn2cc(-c3ccc(NS(=O)(=O)c4ccc(-c5ccccc5)cc4)cc3)nc2n1. The van der Waals surface area contributed by atoms with Gasteiger partial charge in [-0.25, -0.2) is 18.4 Å². The molecule has 32 heavy (non-hydrogen) atoms. The van der Waals surface area contributed by atoms with Crippen LogP contribution in [0.1, 0.15) is 5.69 Å². The molecular formula is C25H20N4O2S. The van der Waals surface area contributed by atoms with E-state index < -0.39 is 10.0 Å². The molecule has 0 atom stereocenters. The zero-order valence-electron chi connectivity index (χ0n) is 17.3. The Morgan fingerprint density at radius 3 is 2.12 bits per heavy atom. The zero-order chi connectivity index (χ0) is 22.1. The van der Waals surface area contributed by atoms with E-state index in [1.54, 1.807) is 24.3 Å². The lowest BCUT2D eigenvalue weighted by molar-refractivity contribution is 0.601. The number of sulfonamides is 1. The van der Waals surface area contributed by atoms with Crippen molar-refractivity contribution in [2.24, 2.45) is 0 Å². The van der Waals surface area contributed by atoms with Gasteiger partial charge in [-0.1, -0.05) is 54.6 Å². The number of fused-ring (bicyclic) bond motifs is 1. The van der Waals surface area contributed by atoms with Crippen molar-refractivity contribution in [3.63, 3.8) is 0 Å². The lowest BCUT2D eigenvalue weighted by atomic mass is 10.1. The Balaban J connectivity index is 1.35. The van der Waals surface area contributed by atoms with Crippen molar-refractivity contribution in [3.8, 4) is 22.4 Å². The molecule has 2 aromatic heterocycles. The van der Waals surface area contributed by atoms with Crippen molar-refractivity contribution in [1.82, 2.24) is 14.4 Å². The lowest BCUT2D eigenvalue weighted by Crippen LogP contribution is -2.12. The van der Waals surface area contributed by atoms with Crippen LogP contribution in [0, 0.1) is 6.92 Å². The fourth-order valence-electron chi connectivity index (χ4n) is 3.48. The third-order valence-corrected chi connectivity index (χ3v) is 6.57. The highest BCUT2D eigenvalue weighted by atomic mass is 32.2. The minimum Gasteiger partial charge on any atom is -0.291 e. The first-order chi connectivity index (χ1) is 15.5. The van der Waals surface area contributed by atoms with Gasteiger partial charge in [0, 0.05) is 29.3 Å². The number of nitrogens with zero attached hydrogens (tertiary/aromatic N) is 3. The van der Waals surface area contributed by atoms with Crippen LogP contribution in [0.4, 0.5) is 5.69 Å². The van der Waals surface area contributed by atoms with Gasteiger partial charge in [0.1, 0.15) is 0 Å². The molecule has 5 rings (SSSR count). The molecular weight excluding hydrogens is 420 g/mol. The summed E-state index contributed by atoms with van der Waals surface area (Å²) < 4.78 is 30.1. The molecule has 0 bridgehead atoms. The number of rotatable bonds is 5. The van der Waals surface area contributed by atoms with Crippen molar-refractivity contribution in [1.29, 1.82) is 0 Å². The Hall–Kier alpha value is -3.97. The summed E-state index contributed by atoms with van der Waals surface area (Å²) in [6, 6.07) is 25.7. The summed E-state index contributed by atoms with van der Waals surface area (Å²) in [5.74, 6) is 0.628. The maximum Gasteiger partial charge on any atom is 0.261 e. The maximum absolute atomic E-state index is 12.8. The molecule has 1 N–H and O–H groups in total. The van der Waals surface area contributed by atoms with Gasteiger partial charge in [0.2, 0.25) is 5.78 Å². The molecule has 3 aromatic carbocycles. The number of hydrogen-bond donors (Lipinski definition) is 1. The Morgan fingerprint density at radius 1 is 0.750 bits per heavy atom. The average Bonchev–Trinajstić information content (AvgIpc) is 3.23. The molecule has 0 amide bonds. The lowest BCUT2D eigenvalue weighted by Gasteiger charge is -2.09. The molecule has 0 saturated heterocycles. The molecule has 0 aliphatic carbocycles. The van der Waals surface area contributed by atoms with Crippen molar-refractivity contribution in [3.05, 3.63) is 103 Å². The largest absolute Gasteiger partial charge is 0.291 e. The smallest absolute Gasteiger partial charge is 0.261 e. The van der Waals surface area contributed by atoms with Crippen LogP contribution in [-0.2, 0) is 10.0 Å². The summed E-state index contributed by atoms with van der Waals surface area (Å²) in [5, 5.41) is 0. The number of imidazole rings is 1. The van der Waals surface area contributed by atoms with Crippen LogP contribution in [0.3, 0.4) is 0 Å². The zero-order valence-corrected chi connectivity index (χ0v) is 18.1. The number of aryl methyl sites for hydroxylation is 1. The summed E-state index contributed by atoms with van der Waals surface area (Å²) in [4.78, 5) is 9.16. The fraction of sp³-hybridized carbons (Fsp3) is 0.0400. The minimum absolute atomic E-state index is 0.211. The van der Waals surface area contributed by atoms with Gasteiger partial charge in [0.15, 0.2) is 0 Å². The van der Waals surface area contributed by atoms with E-state index in [0.29, 0.717) is 11.5 Å². The number of aromatic nitrogens is 3. The molecule has 7 heteroatoms. The van der Waals surface area contributed by atoms with Crippen LogP contribution in [0.5, 0.6) is 0 Å². The first-order valence-electron chi connectivity index (χ1n) is 10.1. The fourth-order valence-corrected chi connectivity index (χ4v) is 4.54. The summed E-state index contributed by atoms with van der Waals surface area (Å²) >= 11 is 0. The van der Waals surface area contributed by atoms with Gasteiger partial charge in [-0.2, -0.15) is 0 Å². The van der Waals surface area contributed by atoms with E-state index in [-0.39, 0.29) is 4.90 Å². The summed E-state index contributed by atoms with van der Waals surface area (Å²) in [5.41, 5.74) is 5.04. The molecule has 158 valence electrons. The molecule has 0 saturated carbocycles. The van der Waals surface area contributed by atoms with Crippen LogP contribution >= 0.6 is 0 Å². The number of hydrogen-bond acceptors (Lipinski definition) is 4. The highest BCUT2D eigenvalue weighted by Gasteiger charge is 2.15. The monoisotopic (exact) mass is 440 g/mol. The molecule has 0 unspecified atom stereocenters. The van der Waals surface area contributed by atoms with Crippen molar-refractivity contribution in [2.75, 3.05) is 4.72 Å². The number of benzene rings is 3. The van der Waals surface area contributed by atoms with Gasteiger partial charge in [0.05, 0.1) is 10.6 Å². The second-order valence-corrected chi connectivity index (χ2v) is 9.16. The Bertz CT molecular complexity index is 1490. The van der Waals surface area contributed by atoms with Gasteiger partial charge in [-0.15, -0.1) is 0 Å². The molecule has 6 nitrogen and oxygen atoms in total. The first-order valence-corrected chi connectivity index (χ1v) is 11.6. The van der Waals surface area contributed by atoms with Gasteiger partial charge < -0.3 is 0 Å². The van der Waals surface area contributed by atoms with Crippen molar-refractivity contribution in [2.45, 2.75) is 11.8 Å². The summed E-state index contributed by atoms with van der Waals surface area (Å²) in [7, 11) is -3.69. The predicted molar refractivity (Wildman–Crippen MR) is 126 cm³/mol. The Kier molecular flexibility index (Phi) is 4.95. The van der Waals surface area contributed by atoms with E-state index >= 15 is 0 Å². The van der Waals surface area contributed by atoms with Crippen LogP contribution in [0.15, 0.2) is 102 Å². The predicted octanol–water partition coefficient (Wildman–Crippen LogP) is 5.17. The second kappa shape index (κ2) is 7.94. The molecule has 2 heterocycles. The molecule has 0 aliphatic heterocycles. The summed E-state index contributed by atoms with van der Waals surface area (Å²) in [6.45, 7) is 1.92. The number of anilines is 1. The van der Waals surface area contributed by atoms with Gasteiger partial charge in [0.25, 0.3) is 10.0 Å². The highest BCUT2D eigenvalue weighted by molar-refractivity contribution is 7.92. The first kappa shape index (κ1) is 20.0. The molecule has 0 radical (unpaired) electrons. The molecule has 0 aliphatic rings. The van der Waals surface area contributed by atoms with E-state index in [0.717, 1.165) is 28.1 Å². The maximum atomic E-state index is 12.8. The Morgan fingerprint density at radius 2 is 1.41 bits per heavy atom. The summed E-state index contributed by atoms with van der Waals surface area (Å²) in [6.07, 6.45) is 3.81. The van der Waals surface area contributed by atoms with Crippen molar-refractivity contribution < 1.29 is 8.42 Å². The molecule has 5 aromatic rings. The average molecular weight is 441 g/mol. The third kappa shape index (κ3) is 3.98. The third-order valence-electron chi connectivity index (χ3n) is 5.17. The molecule has 0 fully saturated rings. The van der Waals surface area contributed by atoms with Crippen LogP contribution < -0.4 is 4.72 Å². The van der Waals surface area contributed by atoms with E-state index in [9.17, 15) is 8.42 Å². The van der Waals surface area contributed by atoms with E-state index in [1.165, 1.54) is 0 Å². The van der Waals surface area contributed by atoms with Crippen LogP contribution in [-0.4, -0.2) is 22.8 Å². The standard InChI is InChI=1S/C25H20N4O2S/c1-18-15-16-29-17-24(27-25(29)26-18)21-7-11-22(12-8-21)28-32(30,31)23-13-9-20(10-14-23)19-5-3-2-4-6-19/h2-17,28H,1H3. The quantitative estimate of drug-likeness (QED) is 0.409. The van der Waals surface area contributed by atoms with Crippen LogP contribution in [0.2, 0.25) is 0 Å². The second-order valence-electron chi connectivity index (χ2n) is 7.48. The van der Waals surface area contributed by atoms with Gasteiger partial charge in [-0.05, 0) is 48.4 Å². The number of nitrogens with one attached hydrogen (secondary N) is 1. The van der Waals surface area contributed by atoms with E-state index in [4.69, 9.17) is 0 Å². The Labute approximate surface area is 186 Å². The highest BCUT2D eigenvalue weighted by Crippen LogP contribution is 2.24. The van der Waals surface area contributed by atoms with Crippen molar-refractivity contribution >= 4 is 21.5 Å². The van der Waals surface area contributed by atoms with Gasteiger partial charge in [-0.3, -0.25) is 9.12 Å². The van der Waals surface area contributed by atoms with Gasteiger partial charge >= 0.3 is 0 Å². The minimum atomic E-state index is -3.69. The normalized spacial score (nSPS) is 11.5. The topological polar surface area (TPSA) is 76.4 Å².